The molecule has 1 rings (SSSR count). The molecule has 1 aromatic rings. The molecule has 0 amide bonds. The molecule has 0 bridgehead atoms. The molecule has 0 atom stereocenters. The molecule has 80 valence electrons. The molecule has 0 aromatic heterocycles. The van der Waals surface area contributed by atoms with Crippen molar-refractivity contribution in [2.24, 2.45) is 0 Å². The normalized spacial score (nSPS) is 9.81. The first-order valence-corrected chi connectivity index (χ1v) is 5.52. The van der Waals surface area contributed by atoms with Crippen LogP contribution in [-0.4, -0.2) is 77.2 Å². The predicted octanol–water partition coefficient (Wildman–Crippen LogP) is -0.00260. The summed E-state index contributed by atoms with van der Waals surface area (Å²) in [6.07, 6.45) is 0. The number of benzene rings is 1. The third-order valence-corrected chi connectivity index (χ3v) is 2.55. The summed E-state index contributed by atoms with van der Waals surface area (Å²) in [5.41, 5.74) is 0.293. The van der Waals surface area contributed by atoms with Crippen molar-refractivity contribution in [3.8, 4) is 0 Å². The van der Waals surface area contributed by atoms with E-state index in [0.29, 0.717) is 5.56 Å². The van der Waals surface area contributed by atoms with Gasteiger partial charge in [-0.25, -0.2) is 0 Å². The van der Waals surface area contributed by atoms with E-state index in [4.69, 9.17) is 4.55 Å². The number of hydrogen-bond acceptors (Lipinski definition) is 5. The summed E-state index contributed by atoms with van der Waals surface area (Å²) >= 11 is 0.0596. The molecule has 0 aliphatic carbocycles. The van der Waals surface area contributed by atoms with Gasteiger partial charge in [-0.3, -0.25) is 9.35 Å². The Labute approximate surface area is 142 Å². The van der Waals surface area contributed by atoms with Crippen molar-refractivity contribution in [3.05, 3.63) is 35.9 Å². The van der Waals surface area contributed by atoms with Gasteiger partial charge in [0.15, 0.2) is 0 Å². The van der Waals surface area contributed by atoms with Crippen molar-refractivity contribution < 1.29 is 21.4 Å². The van der Waals surface area contributed by atoms with Gasteiger partial charge in [0.05, 0.1) is 12.0 Å². The van der Waals surface area contributed by atoms with Gasteiger partial charge in [0.2, 0.25) is 5.12 Å². The van der Waals surface area contributed by atoms with Gasteiger partial charge in [-0.05, 0) is 0 Å². The van der Waals surface area contributed by atoms with Crippen molar-refractivity contribution in [1.29, 1.82) is 0 Å². The zero-order chi connectivity index (χ0) is 10.6. The van der Waals surface area contributed by atoms with Gasteiger partial charge in [0.1, 0.15) is 0 Å². The second-order valence-corrected chi connectivity index (χ2v) is 4.17. The van der Waals surface area contributed by atoms with Crippen LogP contribution in [0.2, 0.25) is 0 Å². The van der Waals surface area contributed by atoms with Crippen molar-refractivity contribution in [3.63, 3.8) is 0 Å². The molecule has 0 fully saturated rings. The van der Waals surface area contributed by atoms with Crippen LogP contribution in [0.15, 0.2) is 30.3 Å². The SMILES string of the molecule is O=C(SOS(=O)(=O)O)c1ccccc1.[NaH].[NaH]. The second kappa shape index (κ2) is 9.09. The van der Waals surface area contributed by atoms with Crippen LogP contribution in [-0.2, 0) is 14.0 Å². The summed E-state index contributed by atoms with van der Waals surface area (Å²) in [5.74, 6) is 0. The van der Waals surface area contributed by atoms with Crippen molar-refractivity contribution >= 4 is 86.7 Å². The van der Waals surface area contributed by atoms with E-state index in [1.54, 1.807) is 18.2 Å². The first kappa shape index (κ1) is 19.4. The van der Waals surface area contributed by atoms with E-state index in [0.717, 1.165) is 0 Å². The topological polar surface area (TPSA) is 80.7 Å². The molecule has 0 spiro atoms. The van der Waals surface area contributed by atoms with Crippen LogP contribution in [0.4, 0.5) is 0 Å². The van der Waals surface area contributed by atoms with Gasteiger partial charge in [0.25, 0.3) is 0 Å². The molecule has 0 radical (unpaired) electrons. The third-order valence-electron chi connectivity index (χ3n) is 1.21. The summed E-state index contributed by atoms with van der Waals surface area (Å²) in [7, 11) is -4.59. The van der Waals surface area contributed by atoms with Gasteiger partial charge in [0, 0.05) is 5.56 Å². The molecule has 0 unspecified atom stereocenters. The van der Waals surface area contributed by atoms with Crippen LogP contribution in [0.3, 0.4) is 0 Å². The molecule has 0 saturated carbocycles. The van der Waals surface area contributed by atoms with E-state index < -0.39 is 15.5 Å². The summed E-state index contributed by atoms with van der Waals surface area (Å²) in [4.78, 5) is 11.2. The number of rotatable bonds is 3. The Kier molecular flexibility index (Phi) is 11.1. The quantitative estimate of drug-likeness (QED) is 0.477. The molecule has 0 saturated heterocycles. The summed E-state index contributed by atoms with van der Waals surface area (Å²) in [6.45, 7) is 0. The summed E-state index contributed by atoms with van der Waals surface area (Å²) in [5, 5.41) is -0.594. The van der Waals surface area contributed by atoms with E-state index in [-0.39, 0.29) is 71.2 Å². The Morgan fingerprint density at radius 3 is 2.12 bits per heavy atom. The first-order valence-electron chi connectivity index (χ1n) is 3.42. The van der Waals surface area contributed by atoms with Crippen molar-refractivity contribution in [2.75, 3.05) is 0 Å². The molecule has 1 N–H and O–H groups in total. The van der Waals surface area contributed by atoms with Crippen LogP contribution >= 0.6 is 12.0 Å². The number of carbonyl (C=O) groups is 1. The first-order chi connectivity index (χ1) is 6.49. The Hall–Kier alpha value is 1.11. The van der Waals surface area contributed by atoms with Crippen LogP contribution in [0, 0.1) is 0 Å². The number of carbonyl (C=O) groups excluding carboxylic acids is 1. The Morgan fingerprint density at radius 2 is 1.69 bits per heavy atom. The zero-order valence-corrected chi connectivity index (χ0v) is 8.42. The fourth-order valence-electron chi connectivity index (χ4n) is 0.696. The van der Waals surface area contributed by atoms with Gasteiger partial charge in [-0.1, -0.05) is 30.3 Å². The molecular formula is C7H8Na2O5S2. The molecule has 0 aliphatic rings. The van der Waals surface area contributed by atoms with Crippen LogP contribution in [0.25, 0.3) is 0 Å². The average Bonchev–Trinajstić information content (AvgIpc) is 2.14. The maximum atomic E-state index is 11.2. The standard InChI is InChI=1S/C7H6O5S2.2Na.2H/c8-7(13-12-14(9,10)11)6-4-2-1-3-5-6;;;;/h1-5H,(H,9,10,11);;;;. The molecule has 5 nitrogen and oxygen atoms in total. The predicted molar refractivity (Wildman–Crippen MR) is 65.3 cm³/mol. The minimum absolute atomic E-state index is 0. The monoisotopic (exact) mass is 282 g/mol. The van der Waals surface area contributed by atoms with E-state index in [1.807, 2.05) is 0 Å². The van der Waals surface area contributed by atoms with E-state index in [2.05, 4.69) is 3.63 Å². The second-order valence-electron chi connectivity index (χ2n) is 2.23. The van der Waals surface area contributed by atoms with E-state index in [9.17, 15) is 13.2 Å². The Bertz CT molecular complexity index is 420. The maximum absolute atomic E-state index is 11.2. The minimum atomic E-state index is -4.59. The van der Waals surface area contributed by atoms with Crippen molar-refractivity contribution in [2.45, 2.75) is 0 Å². The van der Waals surface area contributed by atoms with Crippen LogP contribution in [0.1, 0.15) is 10.4 Å². The van der Waals surface area contributed by atoms with E-state index in [1.165, 1.54) is 12.1 Å². The fraction of sp³-hybridized carbons (Fsp3) is 0. The molecule has 0 heterocycles. The van der Waals surface area contributed by atoms with Gasteiger partial charge < -0.3 is 0 Å². The van der Waals surface area contributed by atoms with Crippen LogP contribution < -0.4 is 0 Å². The van der Waals surface area contributed by atoms with Crippen LogP contribution in [0.5, 0.6) is 0 Å². The molecule has 16 heavy (non-hydrogen) atoms. The summed E-state index contributed by atoms with van der Waals surface area (Å²) < 4.78 is 32.3. The fourth-order valence-corrected chi connectivity index (χ4v) is 1.52. The van der Waals surface area contributed by atoms with Crippen molar-refractivity contribution in [1.82, 2.24) is 0 Å². The molecular weight excluding hydrogens is 274 g/mol. The summed E-state index contributed by atoms with van der Waals surface area (Å²) in [6, 6.07) is 7.97. The Morgan fingerprint density at radius 1 is 1.19 bits per heavy atom. The third kappa shape index (κ3) is 8.24. The molecule has 1 aromatic carbocycles. The van der Waals surface area contributed by atoms with E-state index >= 15 is 0 Å². The van der Waals surface area contributed by atoms with Gasteiger partial charge >= 0.3 is 69.5 Å². The van der Waals surface area contributed by atoms with Gasteiger partial charge in [-0.15, -0.1) is 0 Å². The molecule has 0 aliphatic heterocycles. The van der Waals surface area contributed by atoms with Gasteiger partial charge in [-0.2, -0.15) is 12.0 Å². The number of hydrogen-bond donors (Lipinski definition) is 1. The zero-order valence-electron chi connectivity index (χ0n) is 6.78. The average molecular weight is 282 g/mol. The Balaban J connectivity index is 0. The molecule has 9 heteroatoms.